The Kier molecular flexibility index (Phi) is 4.14. The van der Waals surface area contributed by atoms with Crippen molar-refractivity contribution in [3.8, 4) is 0 Å². The van der Waals surface area contributed by atoms with Gasteiger partial charge in [-0.1, -0.05) is 53.6 Å². The van der Waals surface area contributed by atoms with Crippen LogP contribution < -0.4 is 5.73 Å². The lowest BCUT2D eigenvalue weighted by Gasteiger charge is -2.22. The van der Waals surface area contributed by atoms with E-state index in [-0.39, 0.29) is 11.2 Å². The average Bonchev–Trinajstić information content (AvgIpc) is 2.94. The fraction of sp³-hybridized carbons (Fsp3) is 0.176. The number of nitrogens with zero attached hydrogens (tertiary/aromatic N) is 2. The van der Waals surface area contributed by atoms with Gasteiger partial charge in [0.1, 0.15) is 0 Å². The molecule has 0 spiro atoms. The number of nitrogens with two attached hydrogens (primary N) is 1. The molecule has 1 aliphatic heterocycles. The molecule has 0 saturated carbocycles. The highest BCUT2D eigenvalue weighted by atomic mass is 35.5. The van der Waals surface area contributed by atoms with E-state index in [9.17, 15) is 0 Å². The van der Waals surface area contributed by atoms with Crippen molar-refractivity contribution >= 4 is 34.6 Å². The van der Waals surface area contributed by atoms with Gasteiger partial charge in [-0.05, 0) is 42.4 Å². The third kappa shape index (κ3) is 2.98. The van der Waals surface area contributed by atoms with E-state index >= 15 is 0 Å². The summed E-state index contributed by atoms with van der Waals surface area (Å²) in [5.74, 6) is 0. The maximum Gasteiger partial charge on any atom is 0.187 e. The van der Waals surface area contributed by atoms with Gasteiger partial charge in [0, 0.05) is 11.4 Å². The Hall–Kier alpha value is -1.91. The van der Waals surface area contributed by atoms with Crippen molar-refractivity contribution in [2.75, 3.05) is 0 Å². The molecule has 0 saturated heterocycles. The van der Waals surface area contributed by atoms with Gasteiger partial charge < -0.3 is 5.73 Å². The predicted octanol–water partition coefficient (Wildman–Crippen LogP) is 4.04. The van der Waals surface area contributed by atoms with Crippen molar-refractivity contribution in [3.05, 3.63) is 70.2 Å². The van der Waals surface area contributed by atoms with Crippen molar-refractivity contribution in [1.82, 2.24) is 5.01 Å². The molecule has 1 unspecified atom stereocenters. The fourth-order valence-corrected chi connectivity index (χ4v) is 2.87. The van der Waals surface area contributed by atoms with Gasteiger partial charge in [-0.3, -0.25) is 0 Å². The molecular weight excluding hydrogens is 314 g/mol. The number of rotatable bonds is 2. The van der Waals surface area contributed by atoms with Gasteiger partial charge in [-0.2, -0.15) is 5.10 Å². The zero-order valence-corrected chi connectivity index (χ0v) is 13.7. The average molecular weight is 330 g/mol. The summed E-state index contributed by atoms with van der Waals surface area (Å²) in [4.78, 5) is 0. The summed E-state index contributed by atoms with van der Waals surface area (Å²) >= 11 is 11.1. The van der Waals surface area contributed by atoms with Crippen LogP contribution in [0.15, 0.2) is 53.6 Å². The molecule has 0 bridgehead atoms. The van der Waals surface area contributed by atoms with E-state index in [1.165, 1.54) is 5.56 Å². The van der Waals surface area contributed by atoms with Crippen molar-refractivity contribution in [2.45, 2.75) is 19.4 Å². The number of thiocarbonyl (C=S) groups is 1. The molecule has 0 aromatic heterocycles. The largest absolute Gasteiger partial charge is 0.375 e. The first kappa shape index (κ1) is 15.0. The summed E-state index contributed by atoms with van der Waals surface area (Å²) in [6.07, 6.45) is 0.766. The van der Waals surface area contributed by atoms with Gasteiger partial charge >= 0.3 is 0 Å². The predicted molar refractivity (Wildman–Crippen MR) is 95.2 cm³/mol. The zero-order chi connectivity index (χ0) is 15.7. The van der Waals surface area contributed by atoms with Crippen LogP contribution in [0.4, 0.5) is 0 Å². The molecule has 0 radical (unpaired) electrons. The number of benzene rings is 2. The molecule has 1 heterocycles. The Morgan fingerprint density at radius 1 is 1.18 bits per heavy atom. The van der Waals surface area contributed by atoms with E-state index in [0.29, 0.717) is 5.02 Å². The highest BCUT2D eigenvalue weighted by Crippen LogP contribution is 2.32. The van der Waals surface area contributed by atoms with E-state index in [1.54, 1.807) is 5.01 Å². The van der Waals surface area contributed by atoms with Gasteiger partial charge in [0.2, 0.25) is 0 Å². The van der Waals surface area contributed by atoms with Crippen LogP contribution in [0.2, 0.25) is 5.02 Å². The van der Waals surface area contributed by atoms with Gasteiger partial charge in [-0.25, -0.2) is 5.01 Å². The highest BCUT2D eigenvalue weighted by molar-refractivity contribution is 7.80. The molecule has 112 valence electrons. The van der Waals surface area contributed by atoms with E-state index in [2.05, 4.69) is 36.3 Å². The van der Waals surface area contributed by atoms with Crippen molar-refractivity contribution in [3.63, 3.8) is 0 Å². The van der Waals surface area contributed by atoms with Gasteiger partial charge in [-0.15, -0.1) is 0 Å². The summed E-state index contributed by atoms with van der Waals surface area (Å²) in [6.45, 7) is 2.07. The monoisotopic (exact) mass is 329 g/mol. The minimum absolute atomic E-state index is 0.0452. The fourth-order valence-electron chi connectivity index (χ4n) is 2.58. The van der Waals surface area contributed by atoms with Crippen molar-refractivity contribution in [1.29, 1.82) is 0 Å². The second kappa shape index (κ2) is 6.07. The molecule has 2 aromatic rings. The van der Waals surface area contributed by atoms with Crippen LogP contribution in [0, 0.1) is 6.92 Å². The number of aryl methyl sites for hydroxylation is 1. The molecule has 0 amide bonds. The van der Waals surface area contributed by atoms with Crippen LogP contribution in [-0.2, 0) is 0 Å². The normalized spacial score (nSPS) is 17.5. The molecule has 22 heavy (non-hydrogen) atoms. The van der Waals surface area contributed by atoms with Gasteiger partial charge in [0.05, 0.1) is 11.8 Å². The smallest absolute Gasteiger partial charge is 0.187 e. The Morgan fingerprint density at radius 2 is 1.82 bits per heavy atom. The van der Waals surface area contributed by atoms with Crippen molar-refractivity contribution < 1.29 is 0 Å². The SMILES string of the molecule is Cc1ccc(C2CC(c3ccc(Cl)cc3)=NN2C(N)=S)cc1. The first-order chi connectivity index (χ1) is 10.5. The molecular formula is C17H16ClN3S. The second-order valence-electron chi connectivity index (χ2n) is 5.37. The summed E-state index contributed by atoms with van der Waals surface area (Å²) in [6, 6.07) is 16.1. The van der Waals surface area contributed by atoms with E-state index < -0.39 is 0 Å². The lowest BCUT2D eigenvalue weighted by Crippen LogP contribution is -2.31. The quantitative estimate of drug-likeness (QED) is 0.845. The summed E-state index contributed by atoms with van der Waals surface area (Å²) < 4.78 is 0. The van der Waals surface area contributed by atoms with Gasteiger partial charge in [0.15, 0.2) is 5.11 Å². The zero-order valence-electron chi connectivity index (χ0n) is 12.2. The molecule has 5 heteroatoms. The van der Waals surface area contributed by atoms with Crippen LogP contribution in [0.5, 0.6) is 0 Å². The standard InChI is InChI=1S/C17H16ClN3S/c1-11-2-4-13(5-3-11)16-10-15(20-21(16)17(19)22)12-6-8-14(18)9-7-12/h2-9,16H,10H2,1H3,(H2,19,22). The molecule has 2 N–H and O–H groups in total. The number of halogens is 1. The molecule has 1 aliphatic rings. The third-order valence-corrected chi connectivity index (χ3v) is 4.21. The Balaban J connectivity index is 1.92. The maximum absolute atomic E-state index is 5.95. The number of hydrogen-bond acceptors (Lipinski definition) is 2. The van der Waals surface area contributed by atoms with E-state index in [1.807, 2.05) is 24.3 Å². The van der Waals surface area contributed by atoms with Crippen LogP contribution in [0.3, 0.4) is 0 Å². The molecule has 2 aromatic carbocycles. The Bertz CT molecular complexity index is 723. The van der Waals surface area contributed by atoms with Crippen molar-refractivity contribution in [2.24, 2.45) is 10.8 Å². The third-order valence-electron chi connectivity index (χ3n) is 3.78. The molecule has 0 aliphatic carbocycles. The Morgan fingerprint density at radius 3 is 2.41 bits per heavy atom. The van der Waals surface area contributed by atoms with Crippen LogP contribution in [0.1, 0.15) is 29.2 Å². The minimum atomic E-state index is 0.0452. The molecule has 1 atom stereocenters. The first-order valence-corrected chi connectivity index (χ1v) is 7.82. The summed E-state index contributed by atoms with van der Waals surface area (Å²) in [5.41, 5.74) is 10.2. The van der Waals surface area contributed by atoms with Crippen LogP contribution in [0.25, 0.3) is 0 Å². The molecule has 3 nitrogen and oxygen atoms in total. The minimum Gasteiger partial charge on any atom is -0.375 e. The topological polar surface area (TPSA) is 41.6 Å². The van der Waals surface area contributed by atoms with Gasteiger partial charge in [0.25, 0.3) is 0 Å². The van der Waals surface area contributed by atoms with Crippen LogP contribution >= 0.6 is 23.8 Å². The number of hydrogen-bond donors (Lipinski definition) is 1. The molecule has 3 rings (SSSR count). The first-order valence-electron chi connectivity index (χ1n) is 7.03. The maximum atomic E-state index is 5.95. The molecule has 0 fully saturated rings. The lowest BCUT2D eigenvalue weighted by molar-refractivity contribution is 0.372. The van der Waals surface area contributed by atoms with E-state index in [0.717, 1.165) is 23.3 Å². The summed E-state index contributed by atoms with van der Waals surface area (Å²) in [5, 5.41) is 7.33. The lowest BCUT2D eigenvalue weighted by atomic mass is 9.98. The summed E-state index contributed by atoms with van der Waals surface area (Å²) in [7, 11) is 0. The highest BCUT2D eigenvalue weighted by Gasteiger charge is 2.30. The number of hydrazone groups is 1. The van der Waals surface area contributed by atoms with Crippen LogP contribution in [-0.4, -0.2) is 15.8 Å². The Labute approximate surface area is 140 Å². The second-order valence-corrected chi connectivity index (χ2v) is 6.22. The van der Waals surface area contributed by atoms with E-state index in [4.69, 9.17) is 29.6 Å².